The maximum absolute atomic E-state index is 12.8. The van der Waals surface area contributed by atoms with E-state index < -0.39 is 0 Å². The first-order valence-electron chi connectivity index (χ1n) is 23.4. The molecule has 0 aliphatic carbocycles. The number of thiocarbonyl (C=S) groups is 1. The van der Waals surface area contributed by atoms with Crippen LogP contribution in [0.3, 0.4) is 0 Å². The SMILES string of the molecule is CCCCOc1nc(N)c2[nH]c(=O)n(Cc3cn(CCCCN4CCN(CCCNC(=S)N5CCCC(n6nc(-c7ccc(Oc8ccccc8)cc7)c7ncnc(N)c76)C5)CC4)nn3)c2n1. The number of hydrogen-bond donors (Lipinski definition) is 4. The van der Waals surface area contributed by atoms with Crippen molar-refractivity contribution >= 4 is 51.2 Å². The van der Waals surface area contributed by atoms with Crippen molar-refractivity contribution < 1.29 is 9.47 Å². The van der Waals surface area contributed by atoms with Crippen LogP contribution in [0.15, 0.2) is 71.9 Å². The summed E-state index contributed by atoms with van der Waals surface area (Å²) in [5, 5.41) is 18.1. The van der Waals surface area contributed by atoms with Crippen molar-refractivity contribution in [2.24, 2.45) is 0 Å². The molecule has 352 valence electrons. The Kier molecular flexibility index (Phi) is 14.4. The normalized spacial score (nSPS) is 16.0. The summed E-state index contributed by atoms with van der Waals surface area (Å²) in [6.45, 7) is 12.2. The molecule has 67 heavy (non-hydrogen) atoms. The average molecular weight is 930 g/mol. The third kappa shape index (κ3) is 11.0. The summed E-state index contributed by atoms with van der Waals surface area (Å²) in [4.78, 5) is 40.5. The number of imidazole rings is 1. The van der Waals surface area contributed by atoms with Crippen molar-refractivity contribution in [3.05, 3.63) is 83.3 Å². The monoisotopic (exact) mass is 929 g/mol. The second-order valence-corrected chi connectivity index (χ2v) is 17.6. The lowest BCUT2D eigenvalue weighted by Gasteiger charge is -2.36. The molecule has 0 bridgehead atoms. The lowest BCUT2D eigenvalue weighted by molar-refractivity contribution is 0.129. The second kappa shape index (κ2) is 21.3. The van der Waals surface area contributed by atoms with Crippen molar-refractivity contribution in [2.45, 2.75) is 71.0 Å². The fraction of sp³-hybridized carbons (Fsp3) is 0.457. The van der Waals surface area contributed by atoms with Crippen molar-refractivity contribution in [1.82, 2.24) is 74.3 Å². The molecule has 2 aliphatic rings. The molecule has 0 amide bonds. The number of nitrogens with zero attached hydrogens (tertiary/aromatic N) is 13. The van der Waals surface area contributed by atoms with Gasteiger partial charge >= 0.3 is 11.7 Å². The number of ether oxygens (including phenoxy) is 2. The van der Waals surface area contributed by atoms with E-state index in [9.17, 15) is 4.79 Å². The summed E-state index contributed by atoms with van der Waals surface area (Å²) in [6, 6.07) is 17.8. The predicted octanol–water partition coefficient (Wildman–Crippen LogP) is 4.70. The minimum atomic E-state index is -0.340. The Morgan fingerprint density at radius 1 is 0.896 bits per heavy atom. The minimum Gasteiger partial charge on any atom is -0.463 e. The Labute approximate surface area is 393 Å². The molecule has 1 atom stereocenters. The van der Waals surface area contributed by atoms with Gasteiger partial charge in [0.05, 0.1) is 25.4 Å². The number of nitrogens with two attached hydrogens (primary N) is 2. The van der Waals surface area contributed by atoms with Crippen LogP contribution in [0, 0.1) is 0 Å². The predicted molar refractivity (Wildman–Crippen MR) is 261 cm³/mol. The maximum atomic E-state index is 12.8. The van der Waals surface area contributed by atoms with Gasteiger partial charge in [0.25, 0.3) is 0 Å². The van der Waals surface area contributed by atoms with E-state index in [4.69, 9.17) is 38.3 Å². The third-order valence-electron chi connectivity index (χ3n) is 12.4. The summed E-state index contributed by atoms with van der Waals surface area (Å²) in [5.74, 6) is 2.11. The number of aryl methyl sites for hydroxylation is 1. The second-order valence-electron chi connectivity index (χ2n) is 17.2. The Balaban J connectivity index is 0.684. The van der Waals surface area contributed by atoms with E-state index in [0.29, 0.717) is 29.3 Å². The standard InChI is InChI=1S/C46H59N17O3S/c1-2-3-27-65-44-53-41(47)39-43(54-44)62(45(64)52-39)29-33-28-61(57-55-33)22-8-7-19-58-23-25-59(26-24-58)20-10-18-49-46(67)60-21-9-11-34(30-60)63-40-38(50-31-51-42(40)48)37(56-63)32-14-16-36(17-15-32)66-35-12-5-4-6-13-35/h4-6,12-17,28,31,34H,2-3,7-11,18-27,29-30H2,1H3,(H,49,67)(H,52,64)(H2,47,53,54)(H2,48,50,51). The van der Waals surface area contributed by atoms with Crippen LogP contribution < -0.4 is 31.9 Å². The first-order chi connectivity index (χ1) is 32.8. The number of aromatic amines is 1. The molecule has 5 aromatic heterocycles. The third-order valence-corrected chi connectivity index (χ3v) is 12.8. The van der Waals surface area contributed by atoms with Crippen LogP contribution in [-0.4, -0.2) is 140 Å². The molecule has 6 N–H and O–H groups in total. The number of anilines is 2. The van der Waals surface area contributed by atoms with Crippen LogP contribution in [-0.2, 0) is 13.1 Å². The van der Waals surface area contributed by atoms with Crippen molar-refractivity contribution in [2.75, 3.05) is 77.0 Å². The molecule has 7 heterocycles. The molecular formula is C46H59N17O3S. The highest BCUT2D eigenvalue weighted by molar-refractivity contribution is 7.80. The van der Waals surface area contributed by atoms with Crippen LogP contribution in [0.5, 0.6) is 17.5 Å². The lowest BCUT2D eigenvalue weighted by atomic mass is 10.1. The molecule has 21 heteroatoms. The molecule has 0 radical (unpaired) electrons. The summed E-state index contributed by atoms with van der Waals surface area (Å²) >= 11 is 5.94. The van der Waals surface area contributed by atoms with E-state index in [0.717, 1.165) is 149 Å². The van der Waals surface area contributed by atoms with Gasteiger partial charge in [-0.1, -0.05) is 36.8 Å². The molecular weight excluding hydrogens is 871 g/mol. The number of nitrogen functional groups attached to an aromatic ring is 2. The quantitative estimate of drug-likeness (QED) is 0.0636. The van der Waals surface area contributed by atoms with Gasteiger partial charge in [0.1, 0.15) is 45.8 Å². The van der Waals surface area contributed by atoms with Gasteiger partial charge in [-0.2, -0.15) is 15.1 Å². The highest BCUT2D eigenvalue weighted by Gasteiger charge is 2.28. The maximum Gasteiger partial charge on any atom is 0.328 e. The summed E-state index contributed by atoms with van der Waals surface area (Å²) in [5.41, 5.74) is 16.9. The molecule has 2 fully saturated rings. The van der Waals surface area contributed by atoms with E-state index in [1.165, 1.54) is 10.9 Å². The number of nitrogens with one attached hydrogen (secondary N) is 2. The Hall–Kier alpha value is -6.71. The molecule has 2 aromatic carbocycles. The zero-order chi connectivity index (χ0) is 46.1. The summed E-state index contributed by atoms with van der Waals surface area (Å²) < 4.78 is 17.0. The van der Waals surface area contributed by atoms with Crippen molar-refractivity contribution in [3.8, 4) is 28.8 Å². The van der Waals surface area contributed by atoms with Gasteiger partial charge in [-0.15, -0.1) is 5.10 Å². The summed E-state index contributed by atoms with van der Waals surface area (Å²) in [7, 11) is 0. The molecule has 1 unspecified atom stereocenters. The fourth-order valence-corrected chi connectivity index (χ4v) is 9.06. The number of unbranched alkanes of at least 4 members (excludes halogenated alkanes) is 2. The minimum absolute atomic E-state index is 0.0583. The molecule has 0 saturated carbocycles. The number of likely N-dealkylation sites (tertiary alicyclic amines) is 1. The average Bonchev–Trinajstić information content (AvgIpc) is 4.06. The highest BCUT2D eigenvalue weighted by Crippen LogP contribution is 2.34. The Bertz CT molecular complexity index is 2800. The molecule has 2 saturated heterocycles. The van der Waals surface area contributed by atoms with Crippen molar-refractivity contribution in [3.63, 3.8) is 0 Å². The van der Waals surface area contributed by atoms with E-state index >= 15 is 0 Å². The molecule has 7 aromatic rings. The number of aromatic nitrogens is 11. The van der Waals surface area contributed by atoms with E-state index in [2.05, 4.69) is 62.2 Å². The number of para-hydroxylation sites is 1. The van der Waals surface area contributed by atoms with Gasteiger partial charge in [-0.3, -0.25) is 13.9 Å². The van der Waals surface area contributed by atoms with Crippen LogP contribution in [0.1, 0.15) is 63.6 Å². The van der Waals surface area contributed by atoms with Crippen molar-refractivity contribution in [1.29, 1.82) is 0 Å². The molecule has 2 aliphatic heterocycles. The van der Waals surface area contributed by atoms with Crippen LogP contribution in [0.4, 0.5) is 11.6 Å². The lowest BCUT2D eigenvalue weighted by Crippen LogP contribution is -2.48. The van der Waals surface area contributed by atoms with Gasteiger partial charge in [-0.25, -0.2) is 14.8 Å². The number of H-pyrrole nitrogens is 1. The van der Waals surface area contributed by atoms with E-state index in [1.807, 2.05) is 70.2 Å². The first kappa shape index (κ1) is 45.4. The Morgan fingerprint density at radius 3 is 2.45 bits per heavy atom. The fourth-order valence-electron chi connectivity index (χ4n) is 8.79. The number of benzene rings is 2. The Morgan fingerprint density at radius 2 is 1.66 bits per heavy atom. The smallest absolute Gasteiger partial charge is 0.328 e. The summed E-state index contributed by atoms with van der Waals surface area (Å²) in [6.07, 6.45) is 10.2. The van der Waals surface area contributed by atoms with Crippen LogP contribution in [0.25, 0.3) is 33.5 Å². The zero-order valence-electron chi connectivity index (χ0n) is 38.0. The largest absolute Gasteiger partial charge is 0.463 e. The zero-order valence-corrected chi connectivity index (χ0v) is 38.8. The van der Waals surface area contributed by atoms with Gasteiger partial charge in [0, 0.05) is 57.9 Å². The van der Waals surface area contributed by atoms with Crippen LogP contribution in [0.2, 0.25) is 0 Å². The van der Waals surface area contributed by atoms with Gasteiger partial charge in [0.2, 0.25) is 0 Å². The van der Waals surface area contributed by atoms with Gasteiger partial charge in [-0.05, 0) is 100 Å². The van der Waals surface area contributed by atoms with Crippen LogP contribution >= 0.6 is 12.2 Å². The topological polar surface area (TPSA) is 230 Å². The van der Waals surface area contributed by atoms with E-state index in [1.54, 1.807) is 0 Å². The van der Waals surface area contributed by atoms with E-state index in [-0.39, 0.29) is 30.1 Å². The highest BCUT2D eigenvalue weighted by atomic mass is 32.1. The molecule has 20 nitrogen and oxygen atoms in total. The number of fused-ring (bicyclic) bond motifs is 2. The van der Waals surface area contributed by atoms with Gasteiger partial charge < -0.3 is 45.9 Å². The molecule has 9 rings (SSSR count). The number of piperidine rings is 1. The molecule has 0 spiro atoms. The first-order valence-corrected chi connectivity index (χ1v) is 23.8. The van der Waals surface area contributed by atoms with Gasteiger partial charge in [0.15, 0.2) is 22.4 Å². The number of piperazine rings is 1. The number of rotatable bonds is 19. The number of hydrogen-bond acceptors (Lipinski definition) is 15.